The highest BCUT2D eigenvalue weighted by Gasteiger charge is 2.22. The summed E-state index contributed by atoms with van der Waals surface area (Å²) in [5, 5.41) is 4.29. The van der Waals surface area contributed by atoms with Crippen LogP contribution in [0.3, 0.4) is 0 Å². The van der Waals surface area contributed by atoms with Crippen LogP contribution in [-0.2, 0) is 0 Å². The van der Waals surface area contributed by atoms with E-state index in [4.69, 9.17) is 17.5 Å². The Balaban J connectivity index is 2.16. The number of hydrogen-bond acceptors (Lipinski definition) is 3. The first-order chi connectivity index (χ1) is 9.18. The zero-order valence-electron chi connectivity index (χ0n) is 10.4. The lowest BCUT2D eigenvalue weighted by Gasteiger charge is -2.23. The van der Waals surface area contributed by atoms with Gasteiger partial charge in [0.25, 0.3) is 5.91 Å². The second kappa shape index (κ2) is 4.83. The topological polar surface area (TPSA) is 72.9 Å². The molecule has 1 atom stereocenters. The van der Waals surface area contributed by atoms with E-state index in [2.05, 4.69) is 10.3 Å². The van der Waals surface area contributed by atoms with E-state index in [1.54, 1.807) is 6.20 Å². The van der Waals surface area contributed by atoms with Crippen LogP contribution in [0.5, 0.6) is 0 Å². The maximum atomic E-state index is 11.5. The van der Waals surface area contributed by atoms with Crippen molar-refractivity contribution < 1.29 is 4.79 Å². The van der Waals surface area contributed by atoms with Crippen LogP contribution in [0.15, 0.2) is 18.5 Å². The maximum Gasteiger partial charge on any atom is 0.252 e. The molecule has 0 saturated carbocycles. The summed E-state index contributed by atoms with van der Waals surface area (Å²) >= 11 is 6.10. The van der Waals surface area contributed by atoms with Crippen LogP contribution in [0.25, 0.3) is 10.9 Å². The van der Waals surface area contributed by atoms with Crippen LogP contribution in [0.4, 0.5) is 0 Å². The second-order valence-electron chi connectivity index (χ2n) is 4.85. The molecule has 0 aliphatic carbocycles. The van der Waals surface area contributed by atoms with Crippen LogP contribution >= 0.6 is 11.8 Å². The summed E-state index contributed by atoms with van der Waals surface area (Å²) in [4.78, 5) is 15.9. The molecule has 19 heavy (non-hydrogen) atoms. The maximum absolute atomic E-state index is 11.5. The van der Waals surface area contributed by atoms with Crippen molar-refractivity contribution in [2.45, 2.75) is 18.8 Å². The van der Waals surface area contributed by atoms with Gasteiger partial charge in [-0.05, 0) is 25.5 Å². The number of nitrogens with zero attached hydrogens (tertiary/aromatic N) is 2. The number of pyridine rings is 1. The average Bonchev–Trinajstić information content (AvgIpc) is 2.81. The first kappa shape index (κ1) is 12.4. The fraction of sp³-hybridized carbons (Fsp3) is 0.385. The molecule has 0 unspecified atom stereocenters. The Labute approximate surface area is 115 Å². The van der Waals surface area contributed by atoms with Crippen molar-refractivity contribution in [3.8, 4) is 0 Å². The average molecular weight is 279 g/mol. The Kier molecular flexibility index (Phi) is 3.16. The minimum atomic E-state index is -0.508. The van der Waals surface area contributed by atoms with Crippen molar-refractivity contribution in [2.24, 2.45) is 5.73 Å². The highest BCUT2D eigenvalue weighted by atomic mass is 35.5. The van der Waals surface area contributed by atoms with Gasteiger partial charge in [-0.25, -0.2) is 0 Å². The molecule has 100 valence electrons. The van der Waals surface area contributed by atoms with E-state index in [-0.39, 0.29) is 0 Å². The Bertz CT molecular complexity index is 631. The first-order valence-corrected chi connectivity index (χ1v) is 6.69. The number of primary amides is 1. The summed E-state index contributed by atoms with van der Waals surface area (Å²) < 4.78 is 1.41. The molecule has 0 bridgehead atoms. The number of nitrogens with one attached hydrogen (secondary N) is 1. The summed E-state index contributed by atoms with van der Waals surface area (Å²) in [7, 11) is 0. The van der Waals surface area contributed by atoms with Gasteiger partial charge >= 0.3 is 0 Å². The van der Waals surface area contributed by atoms with Crippen molar-refractivity contribution in [3.05, 3.63) is 29.7 Å². The number of hydrogen-bond donors (Lipinski definition) is 2. The van der Waals surface area contributed by atoms with E-state index in [1.165, 1.54) is 10.3 Å². The zero-order chi connectivity index (χ0) is 13.4. The first-order valence-electron chi connectivity index (χ1n) is 6.35. The summed E-state index contributed by atoms with van der Waals surface area (Å²) in [6.45, 7) is 1.96. The minimum Gasteiger partial charge on any atom is -0.365 e. The minimum absolute atomic E-state index is 0.359. The molecule has 1 aliphatic rings. The lowest BCUT2D eigenvalue weighted by Crippen LogP contribution is -2.29. The highest BCUT2D eigenvalue weighted by molar-refractivity contribution is 6.21. The number of carbonyl (C=O) groups excluding carboxylic acids is 1. The number of aromatic nitrogens is 2. The second-order valence-corrected chi connectivity index (χ2v) is 5.22. The monoisotopic (exact) mass is 278 g/mol. The van der Waals surface area contributed by atoms with Gasteiger partial charge in [0.05, 0.1) is 16.8 Å². The third kappa shape index (κ3) is 2.09. The van der Waals surface area contributed by atoms with Gasteiger partial charge in [-0.2, -0.15) is 0 Å². The van der Waals surface area contributed by atoms with Gasteiger partial charge in [0, 0.05) is 42.0 Å². The zero-order valence-corrected chi connectivity index (χ0v) is 11.2. The van der Waals surface area contributed by atoms with E-state index >= 15 is 0 Å². The smallest absolute Gasteiger partial charge is 0.252 e. The number of fused-ring (bicyclic) bond motifs is 1. The third-order valence-corrected chi connectivity index (χ3v) is 3.94. The molecule has 5 nitrogen and oxygen atoms in total. The predicted molar refractivity (Wildman–Crippen MR) is 74.3 cm³/mol. The fourth-order valence-electron chi connectivity index (χ4n) is 2.73. The van der Waals surface area contributed by atoms with Gasteiger partial charge in [-0.15, -0.1) is 0 Å². The van der Waals surface area contributed by atoms with Gasteiger partial charge in [0.1, 0.15) is 0 Å². The van der Waals surface area contributed by atoms with Crippen molar-refractivity contribution in [1.29, 1.82) is 0 Å². The molecular formula is C13H15ClN4O. The largest absolute Gasteiger partial charge is 0.365 e. The fourth-order valence-corrected chi connectivity index (χ4v) is 2.97. The molecule has 0 spiro atoms. The molecule has 3 heterocycles. The Morgan fingerprint density at radius 1 is 1.58 bits per heavy atom. The van der Waals surface area contributed by atoms with Crippen molar-refractivity contribution in [1.82, 2.24) is 14.4 Å². The molecule has 1 amide bonds. The van der Waals surface area contributed by atoms with Gasteiger partial charge in [-0.1, -0.05) is 0 Å². The van der Waals surface area contributed by atoms with Crippen LogP contribution < -0.4 is 11.1 Å². The molecule has 3 rings (SSSR count). The number of carbonyl (C=O) groups is 1. The number of rotatable bonds is 2. The van der Waals surface area contributed by atoms with Crippen molar-refractivity contribution in [2.75, 3.05) is 13.1 Å². The van der Waals surface area contributed by atoms with E-state index in [0.717, 1.165) is 37.0 Å². The summed E-state index contributed by atoms with van der Waals surface area (Å²) in [5.74, 6) is -0.149. The molecule has 1 saturated heterocycles. The van der Waals surface area contributed by atoms with E-state index < -0.39 is 5.91 Å². The highest BCUT2D eigenvalue weighted by Crippen LogP contribution is 2.31. The van der Waals surface area contributed by atoms with Crippen LogP contribution in [0.2, 0.25) is 0 Å². The summed E-state index contributed by atoms with van der Waals surface area (Å²) in [6.07, 6.45) is 5.49. The quantitative estimate of drug-likeness (QED) is 0.876. The van der Waals surface area contributed by atoms with E-state index in [1.807, 2.05) is 6.07 Å². The van der Waals surface area contributed by atoms with Gasteiger partial charge in [-0.3, -0.25) is 13.9 Å². The summed E-state index contributed by atoms with van der Waals surface area (Å²) in [5.41, 5.74) is 7.39. The van der Waals surface area contributed by atoms with Gasteiger partial charge in [0.15, 0.2) is 0 Å². The van der Waals surface area contributed by atoms with Crippen molar-refractivity contribution in [3.63, 3.8) is 0 Å². The molecule has 0 aromatic carbocycles. The van der Waals surface area contributed by atoms with Crippen LogP contribution in [-0.4, -0.2) is 28.1 Å². The Hall–Kier alpha value is -1.59. The molecular weight excluding hydrogens is 264 g/mol. The standard InChI is InChI=1S/C13H15ClN4O/c14-18-5-3-9-11(8-2-1-4-16-6-8)17-7-10(12(9)18)13(15)19/h3,5,7-8,16H,1-2,4,6H2,(H2,15,19)/t8-/m1/s1. The van der Waals surface area contributed by atoms with Gasteiger partial charge < -0.3 is 11.1 Å². The molecule has 2 aromatic heterocycles. The molecule has 1 aliphatic heterocycles. The lowest BCUT2D eigenvalue weighted by molar-refractivity contribution is 0.100. The third-order valence-electron chi connectivity index (χ3n) is 3.65. The van der Waals surface area contributed by atoms with Crippen molar-refractivity contribution >= 4 is 28.6 Å². The van der Waals surface area contributed by atoms with E-state index in [0.29, 0.717) is 17.0 Å². The van der Waals surface area contributed by atoms with E-state index in [9.17, 15) is 4.79 Å². The lowest BCUT2D eigenvalue weighted by atomic mass is 9.93. The molecule has 2 aromatic rings. The van der Waals surface area contributed by atoms with Crippen LogP contribution in [0, 0.1) is 0 Å². The number of piperidine rings is 1. The molecule has 1 fully saturated rings. The number of nitrogens with two attached hydrogens (primary N) is 1. The summed E-state index contributed by atoms with van der Waals surface area (Å²) in [6, 6.07) is 1.89. The Morgan fingerprint density at radius 2 is 2.42 bits per heavy atom. The predicted octanol–water partition coefficient (Wildman–Crippen LogP) is 1.60. The molecule has 6 heteroatoms. The van der Waals surface area contributed by atoms with Gasteiger partial charge in [0.2, 0.25) is 0 Å². The Morgan fingerprint density at radius 3 is 3.11 bits per heavy atom. The molecule has 3 N–H and O–H groups in total. The SMILES string of the molecule is NC(=O)c1cnc([C@@H]2CCCNC2)c2ccn(Cl)c12. The number of amides is 1. The van der Waals surface area contributed by atoms with Crippen LogP contribution in [0.1, 0.15) is 34.8 Å². The number of halogens is 1. The molecule has 0 radical (unpaired) electrons. The normalized spacial score (nSPS) is 19.7.